The van der Waals surface area contributed by atoms with Crippen molar-refractivity contribution in [3.05, 3.63) is 169 Å². The van der Waals surface area contributed by atoms with E-state index in [1.807, 2.05) is 0 Å². The molecule has 0 bridgehead atoms. The summed E-state index contributed by atoms with van der Waals surface area (Å²) >= 11 is 0.293. The largest absolute Gasteiger partial charge is 0.494 e. The van der Waals surface area contributed by atoms with Crippen LogP contribution < -0.4 is 18.9 Å². The Morgan fingerprint density at radius 1 is 0.512 bits per heavy atom. The van der Waals surface area contributed by atoms with Crippen molar-refractivity contribution in [3.8, 4) is 34.1 Å². The second kappa shape index (κ2) is 31.9. The molecule has 28 heteroatoms. The van der Waals surface area contributed by atoms with Crippen molar-refractivity contribution in [1.29, 1.82) is 0 Å². The highest BCUT2D eigenvalue weighted by molar-refractivity contribution is 7.94. The van der Waals surface area contributed by atoms with E-state index >= 15 is 0 Å². The maximum Gasteiger partial charge on any atom is 0.420 e. The monoisotopic (exact) mass is 1240 g/mol. The van der Waals surface area contributed by atoms with Crippen molar-refractivity contribution < 1.29 is 102 Å². The predicted octanol–water partition coefficient (Wildman–Crippen LogP) is 15.7. The highest BCUT2D eigenvalue weighted by Gasteiger charge is 2.37. The molecule has 0 spiro atoms. The lowest BCUT2D eigenvalue weighted by Crippen LogP contribution is -2.13. The zero-order valence-electron chi connectivity index (χ0n) is 45.1. The van der Waals surface area contributed by atoms with Gasteiger partial charge in [-0.1, -0.05) is 30.3 Å². The van der Waals surface area contributed by atoms with Gasteiger partial charge in [-0.15, -0.1) is 4.33 Å². The maximum atomic E-state index is 14.4. The van der Waals surface area contributed by atoms with Crippen LogP contribution in [0.15, 0.2) is 177 Å². The average Bonchev–Trinajstić information content (AvgIpc) is 1.63. The number of carbonyl (C=O) groups excluding carboxylic acids is 4. The van der Waals surface area contributed by atoms with E-state index < -0.39 is 79.6 Å². The summed E-state index contributed by atoms with van der Waals surface area (Å²) in [6.07, 6.45) is -2.12. The molecule has 2 N–H and O–H groups in total. The van der Waals surface area contributed by atoms with Gasteiger partial charge in [0.2, 0.25) is 0 Å². The quantitative estimate of drug-likeness (QED) is 0.00391. The number of alkyl halides is 6. The molecule has 454 valence electrons. The second-order valence-electron chi connectivity index (χ2n) is 17.9. The third-order valence-electron chi connectivity index (χ3n) is 11.8. The number of rotatable bonds is 31. The third kappa shape index (κ3) is 20.8. The maximum absolute atomic E-state index is 14.4. The third-order valence-corrected chi connectivity index (χ3v) is 13.3. The van der Waals surface area contributed by atoms with Crippen molar-refractivity contribution in [2.24, 2.45) is 20.5 Å². The average molecular weight is 1240 g/mol. The number of hydrogen-bond acceptors (Lipinski definition) is 20. The lowest BCUT2D eigenvalue weighted by atomic mass is 10.0. The van der Waals surface area contributed by atoms with E-state index in [-0.39, 0.29) is 57.4 Å². The first-order valence-electron chi connectivity index (χ1n) is 25.7. The van der Waals surface area contributed by atoms with E-state index in [0.29, 0.717) is 74.6 Å². The zero-order valence-corrected chi connectivity index (χ0v) is 46.7. The first kappa shape index (κ1) is 66.3. The fourth-order valence-electron chi connectivity index (χ4n) is 7.59. The molecule has 0 aliphatic rings. The van der Waals surface area contributed by atoms with Gasteiger partial charge in [-0.25, -0.2) is 24.4 Å². The molecule has 0 heterocycles. The highest BCUT2D eigenvalue weighted by Crippen LogP contribution is 2.43. The van der Waals surface area contributed by atoms with Crippen LogP contribution in [0.3, 0.4) is 0 Å². The smallest absolute Gasteiger partial charge is 0.420 e. The number of unbranched alkanes of at least 4 members (excludes halogenated alkanes) is 6. The summed E-state index contributed by atoms with van der Waals surface area (Å²) in [5, 5.41) is 28.1. The molecule has 6 aromatic rings. The van der Waals surface area contributed by atoms with Crippen molar-refractivity contribution in [2.75, 3.05) is 26.4 Å². The SMILES string of the molecule is C=CC(=O)OCCCCCCOc1ccc(C(=O)Oc2ccc(N=Nc3ccc(-c4ccc(N=Nc5ccc(OC(=O)c6ccc(OCCCCCCOC(=O)C=C)cc6)c(C(F)(F)F)c5)cc4S(=O)(=O)O)c(SOOO)c3)cc2C(F)(F)F)cc1. The molecule has 0 unspecified atom stereocenters. The molecule has 0 saturated carbocycles. The van der Waals surface area contributed by atoms with Gasteiger partial charge in [0.1, 0.15) is 39.0 Å². The number of hydrogen-bond donors (Lipinski definition) is 2. The Morgan fingerprint density at radius 3 is 1.29 bits per heavy atom. The Bertz CT molecular complexity index is 3530. The minimum absolute atomic E-state index is 0.0432. The van der Waals surface area contributed by atoms with Gasteiger partial charge in [0.05, 0.1) is 72.3 Å². The molecule has 0 fully saturated rings. The summed E-state index contributed by atoms with van der Waals surface area (Å²) in [5.41, 5.74) is -4.39. The normalized spacial score (nSPS) is 11.8. The van der Waals surface area contributed by atoms with Crippen LogP contribution in [0.5, 0.6) is 23.0 Å². The van der Waals surface area contributed by atoms with Gasteiger partial charge in [0.25, 0.3) is 10.1 Å². The highest BCUT2D eigenvalue weighted by atomic mass is 32.2. The predicted molar refractivity (Wildman–Crippen MR) is 297 cm³/mol. The molecule has 0 aliphatic heterocycles. The van der Waals surface area contributed by atoms with E-state index in [2.05, 4.69) is 43.0 Å². The number of benzene rings is 6. The molecule has 0 saturated heterocycles. The molecule has 6 aromatic carbocycles. The van der Waals surface area contributed by atoms with E-state index in [9.17, 15) is 58.5 Å². The number of halogens is 6. The van der Waals surface area contributed by atoms with Crippen LogP contribution in [0.1, 0.15) is 83.2 Å². The molecule has 6 rings (SSSR count). The molecule has 0 radical (unpaired) electrons. The standard InChI is InChI=1S/C58H52F6N4O16S2/c1-3-53(69)79-31-11-7-5-9-29-77-43-21-13-37(14-22-43)55(71)81-49-27-19-39(33-47(49)57(59,60)61)65-67-41-17-25-45(51(35-41)85-84-83-73)46-26-18-42(36-52(46)86(74,75)76)68-66-40-20-28-50(48(34-40)58(62,63)64)82-56(72)38-15-23-44(24-16-38)78-30-10-6-8-12-32-80-54(70)4-2/h3-4,13-28,33-36,73H,1-2,5-12,29-32H2,(H,74,75,76). The van der Waals surface area contributed by atoms with Crippen LogP contribution in [0.2, 0.25) is 0 Å². The molecule has 0 amide bonds. The van der Waals surface area contributed by atoms with Gasteiger partial charge >= 0.3 is 36.2 Å². The summed E-state index contributed by atoms with van der Waals surface area (Å²) in [6, 6.07) is 22.8. The number of carbonyl (C=O) groups is 4. The van der Waals surface area contributed by atoms with Gasteiger partial charge in [0, 0.05) is 22.6 Å². The summed E-state index contributed by atoms with van der Waals surface area (Å²) < 4.78 is 158. The van der Waals surface area contributed by atoms with Crippen LogP contribution in [-0.2, 0) is 50.9 Å². The van der Waals surface area contributed by atoms with Crippen molar-refractivity contribution in [3.63, 3.8) is 0 Å². The van der Waals surface area contributed by atoms with E-state index in [1.165, 1.54) is 72.8 Å². The fraction of sp³-hybridized carbons (Fsp3) is 0.241. The summed E-state index contributed by atoms with van der Waals surface area (Å²) in [5.74, 6) is -4.13. The summed E-state index contributed by atoms with van der Waals surface area (Å²) in [6.45, 7) is 7.87. The fourth-order valence-corrected chi connectivity index (χ4v) is 8.85. The Balaban J connectivity index is 1.11. The number of esters is 4. The zero-order chi connectivity index (χ0) is 62.3. The van der Waals surface area contributed by atoms with Crippen LogP contribution in [0.4, 0.5) is 49.1 Å². The Kier molecular flexibility index (Phi) is 24.6. The van der Waals surface area contributed by atoms with Crippen LogP contribution in [0.25, 0.3) is 11.1 Å². The number of azo groups is 2. The number of nitrogens with zero attached hydrogens (tertiary/aromatic N) is 4. The van der Waals surface area contributed by atoms with Crippen molar-refractivity contribution in [2.45, 2.75) is 73.5 Å². The van der Waals surface area contributed by atoms with E-state index in [4.69, 9.17) is 33.7 Å². The van der Waals surface area contributed by atoms with Crippen molar-refractivity contribution >= 4 is 68.8 Å². The van der Waals surface area contributed by atoms with Crippen LogP contribution in [-0.4, -0.2) is 68.5 Å². The molecule has 20 nitrogen and oxygen atoms in total. The van der Waals surface area contributed by atoms with Gasteiger partial charge in [-0.3, -0.25) is 4.55 Å². The lowest BCUT2D eigenvalue weighted by Gasteiger charge is -2.14. The van der Waals surface area contributed by atoms with Gasteiger partial charge < -0.3 is 28.4 Å². The first-order chi connectivity index (χ1) is 41.1. The van der Waals surface area contributed by atoms with E-state index in [0.717, 1.165) is 74.2 Å². The Labute approximate surface area is 491 Å². The first-order valence-corrected chi connectivity index (χ1v) is 27.9. The summed E-state index contributed by atoms with van der Waals surface area (Å²) in [4.78, 5) is 47.2. The lowest BCUT2D eigenvalue weighted by molar-refractivity contribution is -0.432. The topological polar surface area (TPSA) is 266 Å². The van der Waals surface area contributed by atoms with Gasteiger partial charge in [-0.2, -0.15) is 55.2 Å². The minimum Gasteiger partial charge on any atom is -0.494 e. The summed E-state index contributed by atoms with van der Waals surface area (Å²) in [7, 11) is -5.15. The minimum atomic E-state index is -5.15. The molecule has 0 atom stereocenters. The van der Waals surface area contributed by atoms with Gasteiger partial charge in [0.15, 0.2) is 0 Å². The molecular formula is C58H52F6N4O16S2. The Morgan fingerprint density at radius 2 is 0.895 bits per heavy atom. The molecule has 0 aromatic heterocycles. The van der Waals surface area contributed by atoms with Crippen molar-refractivity contribution in [1.82, 2.24) is 0 Å². The molecular weight excluding hydrogens is 1190 g/mol. The van der Waals surface area contributed by atoms with Crippen LogP contribution in [0, 0.1) is 0 Å². The Hall–Kier alpha value is -8.80. The van der Waals surface area contributed by atoms with Gasteiger partial charge in [-0.05, 0) is 166 Å². The van der Waals surface area contributed by atoms with E-state index in [1.54, 1.807) is 0 Å². The molecule has 86 heavy (non-hydrogen) atoms. The van der Waals surface area contributed by atoms with Crippen LogP contribution >= 0.6 is 12.0 Å². The molecule has 0 aliphatic carbocycles. The second-order valence-corrected chi connectivity index (χ2v) is 20.0. The number of ether oxygens (including phenoxy) is 6.